The van der Waals surface area contributed by atoms with Gasteiger partial charge in [0.1, 0.15) is 18.2 Å². The molecule has 0 unspecified atom stereocenters. The van der Waals surface area contributed by atoms with Gasteiger partial charge >= 0.3 is 0 Å². The molecule has 0 atom stereocenters. The van der Waals surface area contributed by atoms with E-state index < -0.39 is 0 Å². The predicted molar refractivity (Wildman–Crippen MR) is 73.4 cm³/mol. The van der Waals surface area contributed by atoms with Crippen LogP contribution in [0.15, 0.2) is 35.1 Å². The number of ether oxygens (including phenoxy) is 1. The Morgan fingerprint density at radius 2 is 2.21 bits per heavy atom. The molecule has 0 amide bonds. The summed E-state index contributed by atoms with van der Waals surface area (Å²) in [5.41, 5.74) is 5.90. The first-order valence-corrected chi connectivity index (χ1v) is 6.23. The van der Waals surface area contributed by atoms with Crippen LogP contribution in [0.25, 0.3) is 0 Å². The standard InChI is InChI=1S/C13H14ClN3O2/c14-9-2-1-3-11(6-9)19-8-12-16-10(4-5-15)7-13(18)17-12/h1-3,6-7H,4-5,8,15H2,(H,16,17,18). The molecule has 0 radical (unpaired) electrons. The number of aromatic nitrogens is 2. The van der Waals surface area contributed by atoms with Crippen LogP contribution in [0.1, 0.15) is 11.5 Å². The number of aromatic amines is 1. The van der Waals surface area contributed by atoms with E-state index in [9.17, 15) is 4.79 Å². The first kappa shape index (κ1) is 13.6. The number of nitrogens with two attached hydrogens (primary N) is 1. The second kappa shape index (κ2) is 6.36. The van der Waals surface area contributed by atoms with Crippen molar-refractivity contribution in [2.75, 3.05) is 6.54 Å². The minimum absolute atomic E-state index is 0.175. The van der Waals surface area contributed by atoms with Gasteiger partial charge in [-0.15, -0.1) is 0 Å². The lowest BCUT2D eigenvalue weighted by atomic mass is 10.3. The lowest BCUT2D eigenvalue weighted by molar-refractivity contribution is 0.295. The van der Waals surface area contributed by atoms with E-state index in [4.69, 9.17) is 22.1 Å². The highest BCUT2D eigenvalue weighted by Crippen LogP contribution is 2.17. The minimum Gasteiger partial charge on any atom is -0.486 e. The van der Waals surface area contributed by atoms with Gasteiger partial charge in [0.25, 0.3) is 5.56 Å². The third kappa shape index (κ3) is 4.08. The molecule has 0 saturated heterocycles. The molecule has 1 aromatic heterocycles. The average Bonchev–Trinajstić information content (AvgIpc) is 2.36. The summed E-state index contributed by atoms with van der Waals surface area (Å²) < 4.78 is 5.51. The molecular formula is C13H14ClN3O2. The van der Waals surface area contributed by atoms with E-state index in [1.165, 1.54) is 6.07 Å². The Labute approximate surface area is 115 Å². The topological polar surface area (TPSA) is 81.0 Å². The van der Waals surface area contributed by atoms with Crippen LogP contribution >= 0.6 is 11.6 Å². The van der Waals surface area contributed by atoms with Gasteiger partial charge in [-0.2, -0.15) is 0 Å². The number of halogens is 1. The fourth-order valence-electron chi connectivity index (χ4n) is 1.62. The lowest BCUT2D eigenvalue weighted by Crippen LogP contribution is -2.16. The van der Waals surface area contributed by atoms with Gasteiger partial charge in [-0.25, -0.2) is 4.98 Å². The summed E-state index contributed by atoms with van der Waals surface area (Å²) in [5.74, 6) is 1.09. The summed E-state index contributed by atoms with van der Waals surface area (Å²) in [6, 6.07) is 8.47. The van der Waals surface area contributed by atoms with Crippen molar-refractivity contribution in [2.24, 2.45) is 5.73 Å². The van der Waals surface area contributed by atoms with E-state index in [1.54, 1.807) is 24.3 Å². The third-order valence-electron chi connectivity index (χ3n) is 2.42. The number of H-pyrrole nitrogens is 1. The molecule has 1 aromatic carbocycles. The number of nitrogens with zero attached hydrogens (tertiary/aromatic N) is 1. The van der Waals surface area contributed by atoms with Crippen molar-refractivity contribution < 1.29 is 4.74 Å². The van der Waals surface area contributed by atoms with E-state index in [-0.39, 0.29) is 12.2 Å². The summed E-state index contributed by atoms with van der Waals surface area (Å²) in [6.07, 6.45) is 0.564. The second-order valence-corrected chi connectivity index (χ2v) is 4.40. The van der Waals surface area contributed by atoms with Crippen LogP contribution < -0.4 is 16.0 Å². The molecular weight excluding hydrogens is 266 g/mol. The van der Waals surface area contributed by atoms with Gasteiger partial charge < -0.3 is 15.5 Å². The molecule has 0 bridgehead atoms. The maximum Gasteiger partial charge on any atom is 0.251 e. The molecule has 0 spiro atoms. The molecule has 0 aliphatic rings. The maximum atomic E-state index is 11.4. The van der Waals surface area contributed by atoms with E-state index in [0.717, 1.165) is 0 Å². The molecule has 2 rings (SSSR count). The van der Waals surface area contributed by atoms with Crippen LogP contribution in [0, 0.1) is 0 Å². The summed E-state index contributed by atoms with van der Waals surface area (Å²) in [5, 5.41) is 0.593. The Bertz CT molecular complexity index is 613. The van der Waals surface area contributed by atoms with Crippen LogP contribution in [0.3, 0.4) is 0 Å². The smallest absolute Gasteiger partial charge is 0.251 e. The van der Waals surface area contributed by atoms with Gasteiger partial charge in [-0.1, -0.05) is 17.7 Å². The van der Waals surface area contributed by atoms with Gasteiger partial charge in [0.15, 0.2) is 0 Å². The number of hydrogen-bond acceptors (Lipinski definition) is 4. The van der Waals surface area contributed by atoms with Crippen molar-refractivity contribution >= 4 is 11.6 Å². The summed E-state index contributed by atoms with van der Waals surface area (Å²) in [4.78, 5) is 18.3. The molecule has 5 nitrogen and oxygen atoms in total. The van der Waals surface area contributed by atoms with Crippen molar-refractivity contribution in [2.45, 2.75) is 13.0 Å². The molecule has 0 aliphatic heterocycles. The highest BCUT2D eigenvalue weighted by Gasteiger charge is 2.02. The first-order valence-electron chi connectivity index (χ1n) is 5.85. The van der Waals surface area contributed by atoms with Crippen molar-refractivity contribution in [3.05, 3.63) is 57.2 Å². The molecule has 100 valence electrons. The Balaban J connectivity index is 2.09. The predicted octanol–water partition coefficient (Wildman–Crippen LogP) is 1.50. The van der Waals surface area contributed by atoms with E-state index >= 15 is 0 Å². The average molecular weight is 280 g/mol. The molecule has 6 heteroatoms. The maximum absolute atomic E-state index is 11.4. The number of benzene rings is 1. The van der Waals surface area contributed by atoms with Gasteiger partial charge in [-0.05, 0) is 24.7 Å². The zero-order valence-electron chi connectivity index (χ0n) is 10.2. The molecule has 0 saturated carbocycles. The monoisotopic (exact) mass is 279 g/mol. The SMILES string of the molecule is NCCc1cc(=O)[nH]c(COc2cccc(Cl)c2)n1. The normalized spacial score (nSPS) is 10.4. The quantitative estimate of drug-likeness (QED) is 0.869. The molecule has 2 aromatic rings. The summed E-state index contributed by atoms with van der Waals surface area (Å²) >= 11 is 5.85. The van der Waals surface area contributed by atoms with Gasteiger partial charge in [-0.3, -0.25) is 4.79 Å². The van der Waals surface area contributed by atoms with Crippen LogP contribution in [0.2, 0.25) is 5.02 Å². The number of rotatable bonds is 5. The highest BCUT2D eigenvalue weighted by atomic mass is 35.5. The summed E-state index contributed by atoms with van der Waals surface area (Å²) in [6.45, 7) is 0.624. The molecule has 0 aliphatic carbocycles. The molecule has 1 heterocycles. The Morgan fingerprint density at radius 1 is 1.37 bits per heavy atom. The highest BCUT2D eigenvalue weighted by molar-refractivity contribution is 6.30. The van der Waals surface area contributed by atoms with E-state index in [0.29, 0.717) is 35.3 Å². The Hall–Kier alpha value is -1.85. The van der Waals surface area contributed by atoms with Gasteiger partial charge in [0.2, 0.25) is 0 Å². The van der Waals surface area contributed by atoms with Crippen LogP contribution in [-0.4, -0.2) is 16.5 Å². The zero-order chi connectivity index (χ0) is 13.7. The van der Waals surface area contributed by atoms with Gasteiger partial charge in [0, 0.05) is 23.2 Å². The van der Waals surface area contributed by atoms with Crippen molar-refractivity contribution in [3.63, 3.8) is 0 Å². The third-order valence-corrected chi connectivity index (χ3v) is 2.65. The van der Waals surface area contributed by atoms with E-state index in [2.05, 4.69) is 9.97 Å². The first-order chi connectivity index (χ1) is 9.17. The van der Waals surface area contributed by atoms with Gasteiger partial charge in [0.05, 0.1) is 0 Å². The van der Waals surface area contributed by atoms with Crippen molar-refractivity contribution in [1.82, 2.24) is 9.97 Å². The van der Waals surface area contributed by atoms with E-state index in [1.807, 2.05) is 0 Å². The Morgan fingerprint density at radius 3 is 2.95 bits per heavy atom. The zero-order valence-corrected chi connectivity index (χ0v) is 11.0. The molecule has 0 fully saturated rings. The van der Waals surface area contributed by atoms with Crippen LogP contribution in [0.5, 0.6) is 5.75 Å². The molecule has 19 heavy (non-hydrogen) atoms. The molecule has 3 N–H and O–H groups in total. The van der Waals surface area contributed by atoms with Crippen molar-refractivity contribution in [1.29, 1.82) is 0 Å². The number of nitrogens with one attached hydrogen (secondary N) is 1. The lowest BCUT2D eigenvalue weighted by Gasteiger charge is -2.07. The van der Waals surface area contributed by atoms with Crippen molar-refractivity contribution in [3.8, 4) is 5.75 Å². The Kier molecular flexibility index (Phi) is 4.54. The number of hydrogen-bond donors (Lipinski definition) is 2. The summed E-state index contributed by atoms with van der Waals surface area (Å²) in [7, 11) is 0. The van der Waals surface area contributed by atoms with Crippen LogP contribution in [0.4, 0.5) is 0 Å². The largest absolute Gasteiger partial charge is 0.486 e. The second-order valence-electron chi connectivity index (χ2n) is 3.97. The van der Waals surface area contributed by atoms with Crippen LogP contribution in [-0.2, 0) is 13.0 Å². The minimum atomic E-state index is -0.205. The fourth-order valence-corrected chi connectivity index (χ4v) is 1.80. The fraction of sp³-hybridized carbons (Fsp3) is 0.231.